The smallest absolute Gasteiger partial charge is 0.241 e. The lowest BCUT2D eigenvalue weighted by Gasteiger charge is -2.17. The molecule has 0 unspecified atom stereocenters. The van der Waals surface area contributed by atoms with Crippen molar-refractivity contribution >= 4 is 15.9 Å². The summed E-state index contributed by atoms with van der Waals surface area (Å²) < 4.78 is 39.3. The highest BCUT2D eigenvalue weighted by atomic mass is 32.2. The van der Waals surface area contributed by atoms with Crippen molar-refractivity contribution in [2.75, 3.05) is 13.6 Å². The van der Waals surface area contributed by atoms with Gasteiger partial charge in [0.05, 0.1) is 11.4 Å². The van der Waals surface area contributed by atoms with Crippen LogP contribution >= 0.6 is 0 Å². The first-order valence-electron chi connectivity index (χ1n) is 6.91. The first-order valence-corrected chi connectivity index (χ1v) is 8.40. The van der Waals surface area contributed by atoms with Crippen LogP contribution in [-0.4, -0.2) is 32.8 Å². The lowest BCUT2D eigenvalue weighted by Crippen LogP contribution is -2.37. The van der Waals surface area contributed by atoms with Crippen molar-refractivity contribution in [2.24, 2.45) is 0 Å². The third-order valence-electron chi connectivity index (χ3n) is 3.21. The summed E-state index contributed by atoms with van der Waals surface area (Å²) in [5.41, 5.74) is 0.941. The normalized spacial score (nSPS) is 11.2. The number of hydrogen-bond acceptors (Lipinski definition) is 3. The fourth-order valence-corrected chi connectivity index (χ4v) is 2.96. The first-order chi connectivity index (χ1) is 10.9. The van der Waals surface area contributed by atoms with Crippen LogP contribution in [0.1, 0.15) is 5.56 Å². The second-order valence-corrected chi connectivity index (χ2v) is 6.78. The second kappa shape index (κ2) is 7.34. The molecule has 2 rings (SSSR count). The van der Waals surface area contributed by atoms with E-state index in [9.17, 15) is 17.6 Å². The van der Waals surface area contributed by atoms with Gasteiger partial charge in [-0.05, 0) is 23.8 Å². The summed E-state index contributed by atoms with van der Waals surface area (Å²) in [5, 5.41) is 0. The van der Waals surface area contributed by atoms with Gasteiger partial charge in [0, 0.05) is 13.6 Å². The monoisotopic (exact) mass is 336 g/mol. The zero-order valence-corrected chi connectivity index (χ0v) is 13.4. The molecule has 122 valence electrons. The van der Waals surface area contributed by atoms with Crippen LogP contribution < -0.4 is 4.72 Å². The summed E-state index contributed by atoms with van der Waals surface area (Å²) in [5.74, 6) is -1.03. The SMILES string of the molecule is CN(Cc1ccccc1)C(=O)CNS(=O)(=O)c1cccc(F)c1. The average molecular weight is 336 g/mol. The summed E-state index contributed by atoms with van der Waals surface area (Å²) in [6.45, 7) is -0.0104. The Morgan fingerprint density at radius 1 is 1.13 bits per heavy atom. The minimum atomic E-state index is -3.92. The highest BCUT2D eigenvalue weighted by Crippen LogP contribution is 2.10. The molecule has 0 fully saturated rings. The largest absolute Gasteiger partial charge is 0.340 e. The van der Waals surface area contributed by atoms with Gasteiger partial charge in [0.1, 0.15) is 5.82 Å². The van der Waals surface area contributed by atoms with Gasteiger partial charge in [-0.3, -0.25) is 4.79 Å². The van der Waals surface area contributed by atoms with E-state index < -0.39 is 15.8 Å². The fourth-order valence-electron chi connectivity index (χ4n) is 1.95. The number of nitrogens with zero attached hydrogens (tertiary/aromatic N) is 1. The van der Waals surface area contributed by atoms with Crippen molar-refractivity contribution in [1.82, 2.24) is 9.62 Å². The van der Waals surface area contributed by atoms with Crippen molar-refractivity contribution in [3.05, 3.63) is 66.0 Å². The van der Waals surface area contributed by atoms with Gasteiger partial charge in [-0.1, -0.05) is 36.4 Å². The lowest BCUT2D eigenvalue weighted by atomic mass is 10.2. The molecule has 0 atom stereocenters. The first kappa shape index (κ1) is 17.1. The fraction of sp³-hybridized carbons (Fsp3) is 0.188. The minimum absolute atomic E-state index is 0.212. The average Bonchev–Trinajstić information content (AvgIpc) is 2.53. The molecule has 0 aromatic heterocycles. The highest BCUT2D eigenvalue weighted by molar-refractivity contribution is 7.89. The number of carbonyl (C=O) groups is 1. The van der Waals surface area contributed by atoms with Gasteiger partial charge in [0.2, 0.25) is 15.9 Å². The topological polar surface area (TPSA) is 66.5 Å². The predicted molar refractivity (Wildman–Crippen MR) is 84.5 cm³/mol. The number of benzene rings is 2. The minimum Gasteiger partial charge on any atom is -0.340 e. The number of likely N-dealkylation sites (N-methyl/N-ethyl adjacent to an activating group) is 1. The molecule has 2 aromatic carbocycles. The third-order valence-corrected chi connectivity index (χ3v) is 4.61. The Labute approximate surface area is 134 Å². The maximum Gasteiger partial charge on any atom is 0.241 e. The Balaban J connectivity index is 1.95. The maximum atomic E-state index is 13.1. The van der Waals surface area contributed by atoms with E-state index in [1.165, 1.54) is 17.0 Å². The van der Waals surface area contributed by atoms with E-state index >= 15 is 0 Å². The van der Waals surface area contributed by atoms with Crippen LogP contribution in [0.15, 0.2) is 59.5 Å². The molecule has 0 saturated heterocycles. The lowest BCUT2D eigenvalue weighted by molar-refractivity contribution is -0.129. The molecular weight excluding hydrogens is 319 g/mol. The molecule has 0 aliphatic carbocycles. The van der Waals surface area contributed by atoms with Gasteiger partial charge in [-0.25, -0.2) is 17.5 Å². The number of amides is 1. The zero-order chi connectivity index (χ0) is 16.9. The summed E-state index contributed by atoms with van der Waals surface area (Å²) in [6, 6.07) is 14.0. The van der Waals surface area contributed by atoms with Crippen LogP contribution in [-0.2, 0) is 21.4 Å². The summed E-state index contributed by atoms with van der Waals surface area (Å²) in [6.07, 6.45) is 0. The van der Waals surface area contributed by atoms with Gasteiger partial charge >= 0.3 is 0 Å². The summed E-state index contributed by atoms with van der Waals surface area (Å²) in [4.78, 5) is 13.2. The highest BCUT2D eigenvalue weighted by Gasteiger charge is 2.17. The quantitative estimate of drug-likeness (QED) is 0.874. The molecule has 0 heterocycles. The van der Waals surface area contributed by atoms with Crippen molar-refractivity contribution in [1.29, 1.82) is 0 Å². The van der Waals surface area contributed by atoms with Crippen molar-refractivity contribution in [3.8, 4) is 0 Å². The molecule has 0 aliphatic rings. The van der Waals surface area contributed by atoms with E-state index in [0.717, 1.165) is 17.7 Å². The van der Waals surface area contributed by atoms with E-state index in [-0.39, 0.29) is 17.3 Å². The Morgan fingerprint density at radius 2 is 1.83 bits per heavy atom. The van der Waals surface area contributed by atoms with Gasteiger partial charge in [0.25, 0.3) is 0 Å². The van der Waals surface area contributed by atoms with Crippen LogP contribution in [0.3, 0.4) is 0 Å². The molecule has 0 radical (unpaired) electrons. The molecule has 1 amide bonds. The molecule has 2 aromatic rings. The van der Waals surface area contributed by atoms with E-state index in [2.05, 4.69) is 4.72 Å². The van der Waals surface area contributed by atoms with E-state index in [0.29, 0.717) is 6.54 Å². The molecule has 0 bridgehead atoms. The second-order valence-electron chi connectivity index (χ2n) is 5.02. The van der Waals surface area contributed by atoms with E-state index in [4.69, 9.17) is 0 Å². The predicted octanol–water partition coefficient (Wildman–Crippen LogP) is 1.76. The molecule has 5 nitrogen and oxygen atoms in total. The van der Waals surface area contributed by atoms with Gasteiger partial charge in [-0.15, -0.1) is 0 Å². The number of sulfonamides is 1. The summed E-state index contributed by atoms with van der Waals surface area (Å²) in [7, 11) is -2.33. The van der Waals surface area contributed by atoms with Crippen molar-refractivity contribution in [3.63, 3.8) is 0 Å². The number of rotatable bonds is 6. The van der Waals surface area contributed by atoms with Gasteiger partial charge < -0.3 is 4.90 Å². The number of halogens is 1. The number of carbonyl (C=O) groups excluding carboxylic acids is 1. The Bertz CT molecular complexity index is 779. The van der Waals surface area contributed by atoms with Crippen molar-refractivity contribution in [2.45, 2.75) is 11.4 Å². The van der Waals surface area contributed by atoms with Crippen molar-refractivity contribution < 1.29 is 17.6 Å². The van der Waals surface area contributed by atoms with Gasteiger partial charge in [-0.2, -0.15) is 0 Å². The molecule has 1 N–H and O–H groups in total. The molecule has 0 aliphatic heterocycles. The number of nitrogens with one attached hydrogen (secondary N) is 1. The Hall–Kier alpha value is -2.25. The maximum absolute atomic E-state index is 13.1. The van der Waals surface area contributed by atoms with Crippen LogP contribution in [0.2, 0.25) is 0 Å². The van der Waals surface area contributed by atoms with E-state index in [1.807, 2.05) is 30.3 Å². The Morgan fingerprint density at radius 3 is 2.48 bits per heavy atom. The van der Waals surface area contributed by atoms with Crippen LogP contribution in [0.5, 0.6) is 0 Å². The van der Waals surface area contributed by atoms with Crippen LogP contribution in [0, 0.1) is 5.82 Å². The zero-order valence-electron chi connectivity index (χ0n) is 12.6. The molecule has 23 heavy (non-hydrogen) atoms. The third kappa shape index (κ3) is 4.87. The number of hydrogen-bond donors (Lipinski definition) is 1. The van der Waals surface area contributed by atoms with E-state index in [1.54, 1.807) is 7.05 Å². The standard InChI is InChI=1S/C16H17FN2O3S/c1-19(12-13-6-3-2-4-7-13)16(20)11-18-23(21,22)15-9-5-8-14(17)10-15/h2-10,18H,11-12H2,1H3. The van der Waals surface area contributed by atoms with Gasteiger partial charge in [0.15, 0.2) is 0 Å². The summed E-state index contributed by atoms with van der Waals surface area (Å²) >= 11 is 0. The molecule has 0 spiro atoms. The molecule has 0 saturated carbocycles. The van der Waals surface area contributed by atoms with Crippen LogP contribution in [0.25, 0.3) is 0 Å². The molecule has 7 heteroatoms. The molecular formula is C16H17FN2O3S. The Kier molecular flexibility index (Phi) is 5.46. The van der Waals surface area contributed by atoms with Crippen LogP contribution in [0.4, 0.5) is 4.39 Å².